The zero-order valence-corrected chi connectivity index (χ0v) is 16.7. The Balaban J connectivity index is 1.35. The average Bonchev–Trinajstić information content (AvgIpc) is 3.49. The predicted molar refractivity (Wildman–Crippen MR) is 114 cm³/mol. The number of aromatic nitrogens is 2. The van der Waals surface area contributed by atoms with Gasteiger partial charge >= 0.3 is 0 Å². The van der Waals surface area contributed by atoms with E-state index in [2.05, 4.69) is 20.2 Å². The average molecular weight is 407 g/mol. The van der Waals surface area contributed by atoms with E-state index in [0.29, 0.717) is 23.8 Å². The molecule has 0 bridgehead atoms. The van der Waals surface area contributed by atoms with Crippen LogP contribution < -0.4 is 10.6 Å². The van der Waals surface area contributed by atoms with Gasteiger partial charge in [0.05, 0.1) is 17.0 Å². The number of carbonyl (C=O) groups is 2. The Labute approximate surface area is 173 Å². The molecule has 0 spiro atoms. The third-order valence-corrected chi connectivity index (χ3v) is 5.63. The number of thioether (sulfide) groups is 1. The molecule has 0 aliphatic heterocycles. The van der Waals surface area contributed by atoms with Crippen molar-refractivity contribution in [2.24, 2.45) is 0 Å². The molecule has 2 aromatic carbocycles. The van der Waals surface area contributed by atoms with Crippen LogP contribution in [0, 0.1) is 0 Å². The first-order valence-corrected chi connectivity index (χ1v) is 10.6. The van der Waals surface area contributed by atoms with E-state index in [1.807, 2.05) is 36.5 Å². The van der Waals surface area contributed by atoms with Gasteiger partial charge < -0.3 is 15.2 Å². The molecule has 4 rings (SSSR count). The molecule has 0 unspecified atom stereocenters. The third-order valence-electron chi connectivity index (χ3n) is 4.65. The van der Waals surface area contributed by atoms with Gasteiger partial charge in [0, 0.05) is 25.0 Å². The van der Waals surface area contributed by atoms with Gasteiger partial charge in [0.15, 0.2) is 5.16 Å². The van der Waals surface area contributed by atoms with Gasteiger partial charge in [-0.2, -0.15) is 0 Å². The minimum absolute atomic E-state index is 0.163. The Kier molecular flexibility index (Phi) is 5.95. The fraction of sp³-hybridized carbons (Fsp3) is 0.227. The lowest BCUT2D eigenvalue weighted by Gasteiger charge is -2.12. The maximum Gasteiger partial charge on any atom is 0.253 e. The molecular formula is C22H22N4O2S. The molecule has 1 aromatic heterocycles. The summed E-state index contributed by atoms with van der Waals surface area (Å²) in [5, 5.41) is 6.62. The molecule has 0 radical (unpaired) electrons. The third kappa shape index (κ3) is 5.06. The second-order valence-corrected chi connectivity index (χ2v) is 7.84. The van der Waals surface area contributed by atoms with E-state index in [1.165, 1.54) is 24.6 Å². The monoisotopic (exact) mass is 406 g/mol. The molecule has 1 aliphatic rings. The molecule has 2 N–H and O–H groups in total. The number of para-hydroxylation sites is 1. The van der Waals surface area contributed by atoms with E-state index in [9.17, 15) is 9.59 Å². The van der Waals surface area contributed by atoms with Crippen LogP contribution in [0.25, 0.3) is 0 Å². The zero-order chi connectivity index (χ0) is 20.1. The van der Waals surface area contributed by atoms with Crippen molar-refractivity contribution in [1.29, 1.82) is 0 Å². The summed E-state index contributed by atoms with van der Waals surface area (Å²) in [5.41, 5.74) is 1.97. The number of hydrogen-bond donors (Lipinski definition) is 2. The SMILES string of the molecule is O=C(CSc1nccn1C1CC1)Nc1ccccc1C(=O)NCc1ccccc1. The van der Waals surface area contributed by atoms with Gasteiger partial charge in [0.1, 0.15) is 0 Å². The van der Waals surface area contributed by atoms with Crippen LogP contribution in [0.15, 0.2) is 72.1 Å². The summed E-state index contributed by atoms with van der Waals surface area (Å²) >= 11 is 1.41. The molecule has 0 atom stereocenters. The minimum atomic E-state index is -0.221. The van der Waals surface area contributed by atoms with Gasteiger partial charge in [-0.05, 0) is 30.5 Å². The van der Waals surface area contributed by atoms with Gasteiger partial charge in [-0.3, -0.25) is 9.59 Å². The smallest absolute Gasteiger partial charge is 0.253 e. The molecule has 6 nitrogen and oxygen atoms in total. The van der Waals surface area contributed by atoms with Crippen LogP contribution in [0.2, 0.25) is 0 Å². The van der Waals surface area contributed by atoms with E-state index in [1.54, 1.807) is 30.5 Å². The fourth-order valence-electron chi connectivity index (χ4n) is 3.02. The fourth-order valence-corrected chi connectivity index (χ4v) is 3.85. The number of nitrogens with zero attached hydrogens (tertiary/aromatic N) is 2. The Morgan fingerprint density at radius 2 is 1.83 bits per heavy atom. The van der Waals surface area contributed by atoms with Crippen LogP contribution in [0.4, 0.5) is 5.69 Å². The number of imidazole rings is 1. The van der Waals surface area contributed by atoms with Crippen molar-refractivity contribution in [3.63, 3.8) is 0 Å². The normalized spacial score (nSPS) is 13.1. The number of nitrogens with one attached hydrogen (secondary N) is 2. The Morgan fingerprint density at radius 3 is 2.62 bits per heavy atom. The molecule has 1 saturated carbocycles. The summed E-state index contributed by atoms with van der Waals surface area (Å²) < 4.78 is 2.13. The highest BCUT2D eigenvalue weighted by Crippen LogP contribution is 2.37. The van der Waals surface area contributed by atoms with Crippen molar-refractivity contribution < 1.29 is 9.59 Å². The first kappa shape index (κ1) is 19.3. The van der Waals surface area contributed by atoms with E-state index in [-0.39, 0.29) is 17.6 Å². The van der Waals surface area contributed by atoms with Crippen LogP contribution >= 0.6 is 11.8 Å². The van der Waals surface area contributed by atoms with Crippen molar-refractivity contribution >= 4 is 29.3 Å². The zero-order valence-electron chi connectivity index (χ0n) is 15.9. The quantitative estimate of drug-likeness (QED) is 0.557. The summed E-state index contributed by atoms with van der Waals surface area (Å²) in [4.78, 5) is 29.4. The van der Waals surface area contributed by atoms with E-state index in [4.69, 9.17) is 0 Å². The van der Waals surface area contributed by atoms with Crippen LogP contribution in [-0.4, -0.2) is 27.1 Å². The lowest BCUT2D eigenvalue weighted by atomic mass is 10.1. The lowest BCUT2D eigenvalue weighted by molar-refractivity contribution is -0.113. The number of benzene rings is 2. The number of hydrogen-bond acceptors (Lipinski definition) is 4. The lowest BCUT2D eigenvalue weighted by Crippen LogP contribution is -2.25. The second-order valence-electron chi connectivity index (χ2n) is 6.90. The molecule has 0 saturated heterocycles. The van der Waals surface area contributed by atoms with Gasteiger partial charge in [-0.1, -0.05) is 54.2 Å². The summed E-state index contributed by atoms with van der Waals surface area (Å²) in [7, 11) is 0. The standard InChI is InChI=1S/C22H22N4O2S/c27-20(15-29-22-23-12-13-26(22)17-10-11-17)25-19-9-5-4-8-18(19)21(28)24-14-16-6-2-1-3-7-16/h1-9,12-13,17H,10-11,14-15H2,(H,24,28)(H,25,27). The summed E-state index contributed by atoms with van der Waals surface area (Å²) in [6.07, 6.45) is 6.07. The van der Waals surface area contributed by atoms with Crippen LogP contribution in [-0.2, 0) is 11.3 Å². The minimum Gasteiger partial charge on any atom is -0.348 e. The highest BCUT2D eigenvalue weighted by atomic mass is 32.2. The summed E-state index contributed by atoms with van der Waals surface area (Å²) in [5.74, 6) is -0.144. The molecule has 1 heterocycles. The Bertz CT molecular complexity index is 999. The Hall–Kier alpha value is -3.06. The van der Waals surface area contributed by atoms with Crippen molar-refractivity contribution in [2.45, 2.75) is 30.6 Å². The summed E-state index contributed by atoms with van der Waals surface area (Å²) in [6, 6.07) is 17.3. The summed E-state index contributed by atoms with van der Waals surface area (Å²) in [6.45, 7) is 0.432. The topological polar surface area (TPSA) is 76.0 Å². The highest BCUT2D eigenvalue weighted by molar-refractivity contribution is 7.99. The van der Waals surface area contributed by atoms with Gasteiger partial charge in [-0.25, -0.2) is 4.98 Å². The maximum atomic E-state index is 12.6. The number of carbonyl (C=O) groups excluding carboxylic acids is 2. The van der Waals surface area contributed by atoms with Crippen molar-refractivity contribution in [1.82, 2.24) is 14.9 Å². The van der Waals surface area contributed by atoms with Gasteiger partial charge in [-0.15, -0.1) is 0 Å². The molecule has 7 heteroatoms. The molecule has 2 amide bonds. The van der Waals surface area contributed by atoms with Crippen LogP contribution in [0.5, 0.6) is 0 Å². The second kappa shape index (κ2) is 8.96. The maximum absolute atomic E-state index is 12.6. The van der Waals surface area contributed by atoms with E-state index in [0.717, 1.165) is 10.7 Å². The number of rotatable bonds is 8. The molecular weight excluding hydrogens is 384 g/mol. The molecule has 148 valence electrons. The molecule has 1 fully saturated rings. The van der Waals surface area contributed by atoms with E-state index >= 15 is 0 Å². The number of amides is 2. The first-order chi connectivity index (χ1) is 14.2. The molecule has 1 aliphatic carbocycles. The predicted octanol–water partition coefficient (Wildman–Crippen LogP) is 3.88. The largest absolute Gasteiger partial charge is 0.348 e. The van der Waals surface area contributed by atoms with Crippen molar-refractivity contribution in [3.8, 4) is 0 Å². The van der Waals surface area contributed by atoms with E-state index < -0.39 is 0 Å². The van der Waals surface area contributed by atoms with Gasteiger partial charge in [0.2, 0.25) is 5.91 Å². The highest BCUT2D eigenvalue weighted by Gasteiger charge is 2.25. The van der Waals surface area contributed by atoms with Crippen molar-refractivity contribution in [2.75, 3.05) is 11.1 Å². The van der Waals surface area contributed by atoms with Crippen molar-refractivity contribution in [3.05, 3.63) is 78.1 Å². The van der Waals surface area contributed by atoms with Crippen LogP contribution in [0.1, 0.15) is 34.8 Å². The Morgan fingerprint density at radius 1 is 1.07 bits per heavy atom. The molecule has 29 heavy (non-hydrogen) atoms. The first-order valence-electron chi connectivity index (χ1n) is 9.57. The van der Waals surface area contributed by atoms with Crippen LogP contribution in [0.3, 0.4) is 0 Å². The molecule has 3 aromatic rings. The van der Waals surface area contributed by atoms with Gasteiger partial charge in [0.25, 0.3) is 5.91 Å². The number of anilines is 1.